The van der Waals surface area contributed by atoms with E-state index in [4.69, 9.17) is 10.5 Å². The van der Waals surface area contributed by atoms with Crippen LogP contribution in [0.3, 0.4) is 0 Å². The molecule has 4 heteroatoms. The van der Waals surface area contributed by atoms with Crippen molar-refractivity contribution >= 4 is 5.91 Å². The number of hydrogen-bond acceptors (Lipinski definition) is 3. The van der Waals surface area contributed by atoms with Gasteiger partial charge in [0.25, 0.3) is 0 Å². The molecule has 0 rings (SSSR count). The van der Waals surface area contributed by atoms with Gasteiger partial charge in [0.05, 0.1) is 5.60 Å². The fourth-order valence-electron chi connectivity index (χ4n) is 1.68. The lowest BCUT2D eigenvalue weighted by atomic mass is 9.97. The van der Waals surface area contributed by atoms with Crippen LogP contribution in [-0.2, 0) is 9.53 Å². The Labute approximate surface area is 99.1 Å². The normalized spacial score (nSPS) is 11.6. The van der Waals surface area contributed by atoms with Gasteiger partial charge in [0.15, 0.2) is 0 Å². The average molecular weight is 230 g/mol. The Morgan fingerprint density at radius 3 is 2.00 bits per heavy atom. The Hall–Kier alpha value is -0.610. The van der Waals surface area contributed by atoms with Gasteiger partial charge in [-0.2, -0.15) is 0 Å². The number of rotatable bonds is 8. The molecule has 0 spiro atoms. The zero-order chi connectivity index (χ0) is 12.6. The summed E-state index contributed by atoms with van der Waals surface area (Å²) in [6.45, 7) is 10.1. The number of hydrogen-bond donors (Lipinski definition) is 1. The largest absolute Gasteiger partial charge is 0.364 e. The molecule has 0 aliphatic rings. The van der Waals surface area contributed by atoms with Gasteiger partial charge in [-0.1, -0.05) is 13.8 Å². The number of amides is 1. The monoisotopic (exact) mass is 230 g/mol. The molecule has 96 valence electrons. The Kier molecular flexibility index (Phi) is 7.34. The number of likely N-dealkylation sites (N-methyl/N-ethyl adjacent to an activating group) is 1. The highest BCUT2D eigenvalue weighted by atomic mass is 16.5. The lowest BCUT2D eigenvalue weighted by Crippen LogP contribution is -2.43. The molecule has 0 aromatic carbocycles. The van der Waals surface area contributed by atoms with Gasteiger partial charge in [-0.3, -0.25) is 4.79 Å². The van der Waals surface area contributed by atoms with Gasteiger partial charge in [-0.25, -0.2) is 0 Å². The maximum Gasteiger partial charge on any atom is 0.248 e. The summed E-state index contributed by atoms with van der Waals surface area (Å²) in [6, 6.07) is 0. The first-order valence-corrected chi connectivity index (χ1v) is 6.20. The van der Waals surface area contributed by atoms with E-state index in [9.17, 15) is 4.79 Å². The predicted octanol–water partition coefficient (Wildman–Crippen LogP) is 1.39. The summed E-state index contributed by atoms with van der Waals surface area (Å²) in [4.78, 5) is 13.5. The Morgan fingerprint density at radius 2 is 1.69 bits per heavy atom. The van der Waals surface area contributed by atoms with Crippen LogP contribution in [0.4, 0.5) is 0 Å². The number of carbonyl (C=O) groups is 1. The molecule has 0 saturated heterocycles. The van der Waals surface area contributed by atoms with Crippen molar-refractivity contribution in [3.8, 4) is 0 Å². The first-order chi connectivity index (χ1) is 7.59. The average Bonchev–Trinajstić information content (AvgIpc) is 2.33. The topological polar surface area (TPSA) is 55.6 Å². The van der Waals surface area contributed by atoms with Gasteiger partial charge in [-0.15, -0.1) is 0 Å². The first kappa shape index (κ1) is 15.4. The number of carbonyl (C=O) groups excluding carboxylic acids is 1. The van der Waals surface area contributed by atoms with Gasteiger partial charge in [0.1, 0.15) is 6.61 Å². The predicted molar refractivity (Wildman–Crippen MR) is 66.2 cm³/mol. The summed E-state index contributed by atoms with van der Waals surface area (Å²) in [7, 11) is 0. The minimum absolute atomic E-state index is 0.0460. The SMILES string of the molecule is CCN(CC)C(=O)COC(CC)(CC)CN. The summed E-state index contributed by atoms with van der Waals surface area (Å²) in [5, 5.41) is 0. The van der Waals surface area contributed by atoms with Crippen molar-refractivity contribution in [2.24, 2.45) is 5.73 Å². The maximum atomic E-state index is 11.8. The molecule has 0 radical (unpaired) electrons. The Bertz CT molecular complexity index is 191. The van der Waals surface area contributed by atoms with Crippen molar-refractivity contribution in [2.75, 3.05) is 26.2 Å². The van der Waals surface area contributed by atoms with Gasteiger partial charge in [0, 0.05) is 19.6 Å². The van der Waals surface area contributed by atoms with E-state index in [1.165, 1.54) is 0 Å². The second-order valence-electron chi connectivity index (χ2n) is 3.95. The minimum atomic E-state index is -0.331. The molecule has 0 heterocycles. The third-order valence-corrected chi connectivity index (χ3v) is 3.28. The van der Waals surface area contributed by atoms with E-state index >= 15 is 0 Å². The highest BCUT2D eigenvalue weighted by Gasteiger charge is 2.26. The summed E-state index contributed by atoms with van der Waals surface area (Å²) in [5.41, 5.74) is 5.38. The Morgan fingerprint density at radius 1 is 1.19 bits per heavy atom. The second-order valence-corrected chi connectivity index (χ2v) is 3.95. The molecule has 0 bridgehead atoms. The molecule has 0 unspecified atom stereocenters. The van der Waals surface area contributed by atoms with E-state index in [0.29, 0.717) is 6.54 Å². The zero-order valence-electron chi connectivity index (χ0n) is 11.1. The maximum absolute atomic E-state index is 11.8. The molecule has 0 aliphatic carbocycles. The smallest absolute Gasteiger partial charge is 0.248 e. The molecule has 0 fully saturated rings. The van der Waals surface area contributed by atoms with Gasteiger partial charge in [-0.05, 0) is 26.7 Å². The molecular weight excluding hydrogens is 204 g/mol. The fraction of sp³-hybridized carbons (Fsp3) is 0.917. The third-order valence-electron chi connectivity index (χ3n) is 3.28. The van der Waals surface area contributed by atoms with Crippen LogP contribution in [-0.4, -0.2) is 42.6 Å². The van der Waals surface area contributed by atoms with Crippen molar-refractivity contribution in [1.29, 1.82) is 0 Å². The highest BCUT2D eigenvalue weighted by molar-refractivity contribution is 5.77. The van der Waals surface area contributed by atoms with Gasteiger partial charge < -0.3 is 15.4 Å². The van der Waals surface area contributed by atoms with E-state index in [-0.39, 0.29) is 18.1 Å². The van der Waals surface area contributed by atoms with E-state index in [1.807, 2.05) is 27.7 Å². The van der Waals surface area contributed by atoms with E-state index < -0.39 is 0 Å². The zero-order valence-corrected chi connectivity index (χ0v) is 11.1. The molecule has 16 heavy (non-hydrogen) atoms. The summed E-state index contributed by atoms with van der Waals surface area (Å²) >= 11 is 0. The van der Waals surface area contributed by atoms with Crippen LogP contribution in [0.25, 0.3) is 0 Å². The fourth-order valence-corrected chi connectivity index (χ4v) is 1.68. The summed E-state index contributed by atoms with van der Waals surface area (Å²) < 4.78 is 5.71. The van der Waals surface area contributed by atoms with Crippen molar-refractivity contribution < 1.29 is 9.53 Å². The van der Waals surface area contributed by atoms with Crippen LogP contribution in [0, 0.1) is 0 Å². The van der Waals surface area contributed by atoms with Crippen LogP contribution in [0.1, 0.15) is 40.5 Å². The molecule has 0 saturated carbocycles. The molecule has 4 nitrogen and oxygen atoms in total. The van der Waals surface area contributed by atoms with Crippen LogP contribution in [0.15, 0.2) is 0 Å². The molecule has 1 amide bonds. The van der Waals surface area contributed by atoms with Crippen LogP contribution >= 0.6 is 0 Å². The van der Waals surface area contributed by atoms with E-state index in [2.05, 4.69) is 0 Å². The first-order valence-electron chi connectivity index (χ1n) is 6.20. The van der Waals surface area contributed by atoms with Crippen molar-refractivity contribution in [3.63, 3.8) is 0 Å². The number of nitrogens with two attached hydrogens (primary N) is 1. The van der Waals surface area contributed by atoms with E-state index in [1.54, 1.807) is 4.90 Å². The molecular formula is C12H26N2O2. The van der Waals surface area contributed by atoms with Gasteiger partial charge >= 0.3 is 0 Å². The lowest BCUT2D eigenvalue weighted by Gasteiger charge is -2.31. The van der Waals surface area contributed by atoms with E-state index in [0.717, 1.165) is 25.9 Å². The van der Waals surface area contributed by atoms with Crippen LogP contribution < -0.4 is 5.73 Å². The van der Waals surface area contributed by atoms with Crippen LogP contribution in [0.2, 0.25) is 0 Å². The minimum Gasteiger partial charge on any atom is -0.364 e. The summed E-state index contributed by atoms with van der Waals surface area (Å²) in [5.74, 6) is 0.0460. The molecule has 0 atom stereocenters. The van der Waals surface area contributed by atoms with Crippen molar-refractivity contribution in [3.05, 3.63) is 0 Å². The third kappa shape index (κ3) is 4.10. The molecule has 0 aromatic rings. The number of nitrogens with zero attached hydrogens (tertiary/aromatic N) is 1. The van der Waals surface area contributed by atoms with Gasteiger partial charge in [0.2, 0.25) is 5.91 Å². The Balaban J connectivity index is 4.25. The summed E-state index contributed by atoms with van der Waals surface area (Å²) in [6.07, 6.45) is 1.68. The van der Waals surface area contributed by atoms with Crippen molar-refractivity contribution in [2.45, 2.75) is 46.1 Å². The standard InChI is InChI=1S/C12H26N2O2/c1-5-12(6-2,10-13)16-9-11(15)14(7-3)8-4/h5-10,13H2,1-4H3. The molecule has 0 aliphatic heterocycles. The molecule has 2 N–H and O–H groups in total. The van der Waals surface area contributed by atoms with Crippen molar-refractivity contribution in [1.82, 2.24) is 4.90 Å². The highest BCUT2D eigenvalue weighted by Crippen LogP contribution is 2.18. The number of ether oxygens (including phenoxy) is 1. The quantitative estimate of drug-likeness (QED) is 0.685. The molecule has 0 aromatic heterocycles. The second kappa shape index (κ2) is 7.63. The van der Waals surface area contributed by atoms with Crippen LogP contribution in [0.5, 0.6) is 0 Å². The lowest BCUT2D eigenvalue weighted by molar-refractivity contribution is -0.143.